The molecule has 0 radical (unpaired) electrons. The zero-order chi connectivity index (χ0) is 12.4. The molecule has 0 aliphatic carbocycles. The van der Waals surface area contributed by atoms with Crippen molar-refractivity contribution in [2.24, 2.45) is 0 Å². The Bertz CT molecular complexity index is 566. The molecule has 0 N–H and O–H groups in total. The molecular formula is C12H9ClN2O2S. The highest BCUT2D eigenvalue weighted by Gasteiger charge is 2.16. The predicted molar refractivity (Wildman–Crippen MR) is 69.2 cm³/mol. The summed E-state index contributed by atoms with van der Waals surface area (Å²) in [7, 11) is 0. The van der Waals surface area contributed by atoms with Gasteiger partial charge < -0.3 is 9.47 Å². The number of halogens is 1. The van der Waals surface area contributed by atoms with Gasteiger partial charge in [0.15, 0.2) is 16.7 Å². The van der Waals surface area contributed by atoms with Crippen LogP contribution in [-0.2, 0) is 5.75 Å². The molecule has 0 amide bonds. The number of thioether (sulfide) groups is 1. The number of hydrogen-bond donors (Lipinski definition) is 0. The fourth-order valence-corrected chi connectivity index (χ4v) is 2.67. The zero-order valence-corrected chi connectivity index (χ0v) is 10.9. The van der Waals surface area contributed by atoms with Crippen LogP contribution in [0.3, 0.4) is 0 Å². The summed E-state index contributed by atoms with van der Waals surface area (Å²) in [6, 6.07) is 5.48. The van der Waals surface area contributed by atoms with Crippen LogP contribution in [0.2, 0.25) is 5.02 Å². The van der Waals surface area contributed by atoms with Gasteiger partial charge in [0, 0.05) is 29.2 Å². The molecule has 0 saturated heterocycles. The average molecular weight is 281 g/mol. The van der Waals surface area contributed by atoms with Crippen molar-refractivity contribution in [3.63, 3.8) is 0 Å². The summed E-state index contributed by atoms with van der Waals surface area (Å²) in [5.74, 6) is 2.13. The summed E-state index contributed by atoms with van der Waals surface area (Å²) in [5, 5.41) is 1.40. The SMILES string of the molecule is Clc1cc2c(cc1CSc1ncccn1)OCO2. The van der Waals surface area contributed by atoms with Gasteiger partial charge in [-0.15, -0.1) is 0 Å². The van der Waals surface area contributed by atoms with Crippen molar-refractivity contribution in [2.45, 2.75) is 10.9 Å². The normalized spacial score (nSPS) is 12.7. The molecule has 0 fully saturated rings. The Morgan fingerprint density at radius 2 is 1.89 bits per heavy atom. The van der Waals surface area contributed by atoms with E-state index in [9.17, 15) is 0 Å². The van der Waals surface area contributed by atoms with E-state index in [1.54, 1.807) is 24.5 Å². The van der Waals surface area contributed by atoms with Gasteiger partial charge in [-0.25, -0.2) is 9.97 Å². The molecule has 0 unspecified atom stereocenters. The first-order valence-electron chi connectivity index (χ1n) is 5.31. The molecule has 1 aliphatic rings. The molecule has 0 bridgehead atoms. The van der Waals surface area contributed by atoms with Gasteiger partial charge in [-0.05, 0) is 17.7 Å². The standard InChI is InChI=1S/C12H9ClN2O2S/c13-9-5-11-10(16-7-17-11)4-8(9)6-18-12-14-2-1-3-15-12/h1-5H,6-7H2. The summed E-state index contributed by atoms with van der Waals surface area (Å²) < 4.78 is 10.6. The summed E-state index contributed by atoms with van der Waals surface area (Å²) in [4.78, 5) is 8.30. The quantitative estimate of drug-likeness (QED) is 0.638. The molecule has 18 heavy (non-hydrogen) atoms. The van der Waals surface area contributed by atoms with E-state index >= 15 is 0 Å². The molecular weight excluding hydrogens is 272 g/mol. The van der Waals surface area contributed by atoms with Gasteiger partial charge >= 0.3 is 0 Å². The number of benzene rings is 1. The van der Waals surface area contributed by atoms with Crippen molar-refractivity contribution in [3.8, 4) is 11.5 Å². The number of fused-ring (bicyclic) bond motifs is 1. The molecule has 0 spiro atoms. The molecule has 2 aromatic rings. The van der Waals surface area contributed by atoms with Gasteiger partial charge in [0.25, 0.3) is 0 Å². The second-order valence-electron chi connectivity index (χ2n) is 3.62. The van der Waals surface area contributed by atoms with E-state index in [-0.39, 0.29) is 6.79 Å². The minimum absolute atomic E-state index is 0.254. The first kappa shape index (κ1) is 11.6. The third-order valence-corrected chi connectivity index (χ3v) is 3.72. The van der Waals surface area contributed by atoms with Gasteiger partial charge in [0.1, 0.15) is 0 Å². The van der Waals surface area contributed by atoms with Gasteiger partial charge in [-0.3, -0.25) is 0 Å². The molecule has 1 aliphatic heterocycles. The molecule has 2 heterocycles. The number of hydrogen-bond acceptors (Lipinski definition) is 5. The third-order valence-electron chi connectivity index (χ3n) is 2.44. The van der Waals surface area contributed by atoms with Gasteiger partial charge in [-0.1, -0.05) is 23.4 Å². The van der Waals surface area contributed by atoms with E-state index in [1.165, 1.54) is 11.8 Å². The Hall–Kier alpha value is -1.46. The van der Waals surface area contributed by atoms with Crippen LogP contribution >= 0.6 is 23.4 Å². The van der Waals surface area contributed by atoms with Crippen molar-refractivity contribution < 1.29 is 9.47 Å². The lowest BCUT2D eigenvalue weighted by atomic mass is 10.2. The van der Waals surface area contributed by atoms with E-state index in [4.69, 9.17) is 21.1 Å². The lowest BCUT2D eigenvalue weighted by Gasteiger charge is -2.05. The van der Waals surface area contributed by atoms with Crippen molar-refractivity contribution in [3.05, 3.63) is 41.2 Å². The Kier molecular flexibility index (Phi) is 3.25. The highest BCUT2D eigenvalue weighted by atomic mass is 35.5. The minimum atomic E-state index is 0.254. The number of ether oxygens (including phenoxy) is 2. The van der Waals surface area contributed by atoms with E-state index in [1.807, 2.05) is 6.07 Å². The van der Waals surface area contributed by atoms with Crippen molar-refractivity contribution >= 4 is 23.4 Å². The smallest absolute Gasteiger partial charge is 0.231 e. The Morgan fingerprint density at radius 1 is 1.17 bits per heavy atom. The van der Waals surface area contributed by atoms with Crippen LogP contribution < -0.4 is 9.47 Å². The second-order valence-corrected chi connectivity index (χ2v) is 4.97. The maximum absolute atomic E-state index is 6.18. The van der Waals surface area contributed by atoms with Crippen molar-refractivity contribution in [1.82, 2.24) is 9.97 Å². The van der Waals surface area contributed by atoms with E-state index in [2.05, 4.69) is 9.97 Å². The molecule has 1 aromatic heterocycles. The Balaban J connectivity index is 1.77. The first-order chi connectivity index (χ1) is 8.83. The summed E-state index contributed by atoms with van der Waals surface area (Å²) >= 11 is 7.71. The molecule has 4 nitrogen and oxygen atoms in total. The average Bonchev–Trinajstić information content (AvgIpc) is 2.84. The lowest BCUT2D eigenvalue weighted by molar-refractivity contribution is 0.174. The molecule has 0 atom stereocenters. The third kappa shape index (κ3) is 2.37. The van der Waals surface area contributed by atoms with E-state index < -0.39 is 0 Å². The van der Waals surface area contributed by atoms with Crippen LogP contribution in [0.15, 0.2) is 35.7 Å². The van der Waals surface area contributed by atoms with Crippen LogP contribution in [0, 0.1) is 0 Å². The van der Waals surface area contributed by atoms with Gasteiger partial charge in [0.05, 0.1) is 0 Å². The monoisotopic (exact) mass is 280 g/mol. The molecule has 92 valence electrons. The number of rotatable bonds is 3. The first-order valence-corrected chi connectivity index (χ1v) is 6.67. The highest BCUT2D eigenvalue weighted by Crippen LogP contribution is 2.38. The fraction of sp³-hybridized carbons (Fsp3) is 0.167. The zero-order valence-electron chi connectivity index (χ0n) is 9.30. The van der Waals surface area contributed by atoms with Crippen LogP contribution in [0.25, 0.3) is 0 Å². The highest BCUT2D eigenvalue weighted by molar-refractivity contribution is 7.98. The number of nitrogens with zero attached hydrogens (tertiary/aromatic N) is 2. The van der Waals surface area contributed by atoms with Crippen molar-refractivity contribution in [2.75, 3.05) is 6.79 Å². The van der Waals surface area contributed by atoms with Crippen LogP contribution in [0.5, 0.6) is 11.5 Å². The minimum Gasteiger partial charge on any atom is -0.454 e. The summed E-state index contributed by atoms with van der Waals surface area (Å²) in [6.07, 6.45) is 3.44. The van der Waals surface area contributed by atoms with Crippen LogP contribution in [0.4, 0.5) is 0 Å². The summed E-state index contributed by atoms with van der Waals surface area (Å²) in [5.41, 5.74) is 0.985. The molecule has 3 rings (SSSR count). The lowest BCUT2D eigenvalue weighted by Crippen LogP contribution is -1.92. The molecule has 6 heteroatoms. The molecule has 1 aromatic carbocycles. The maximum atomic E-state index is 6.18. The van der Waals surface area contributed by atoms with Crippen LogP contribution in [0.1, 0.15) is 5.56 Å². The van der Waals surface area contributed by atoms with Crippen molar-refractivity contribution in [1.29, 1.82) is 0 Å². The van der Waals surface area contributed by atoms with E-state index in [0.717, 1.165) is 16.5 Å². The number of aromatic nitrogens is 2. The fourth-order valence-electron chi connectivity index (χ4n) is 1.57. The maximum Gasteiger partial charge on any atom is 0.231 e. The van der Waals surface area contributed by atoms with Gasteiger partial charge in [-0.2, -0.15) is 0 Å². The topological polar surface area (TPSA) is 44.2 Å². The predicted octanol–water partition coefficient (Wildman–Crippen LogP) is 3.15. The van der Waals surface area contributed by atoms with E-state index in [0.29, 0.717) is 16.5 Å². The second kappa shape index (κ2) is 5.04. The van der Waals surface area contributed by atoms with Crippen LogP contribution in [-0.4, -0.2) is 16.8 Å². The Morgan fingerprint density at radius 3 is 2.67 bits per heavy atom. The summed E-state index contributed by atoms with van der Waals surface area (Å²) in [6.45, 7) is 0.254. The molecule has 0 saturated carbocycles. The largest absolute Gasteiger partial charge is 0.454 e. The van der Waals surface area contributed by atoms with Gasteiger partial charge in [0.2, 0.25) is 6.79 Å². The Labute approximate surface area is 113 Å².